The lowest BCUT2D eigenvalue weighted by molar-refractivity contribution is -0.137. The molecule has 0 saturated carbocycles. The number of halogens is 3. The zero-order valence-corrected chi connectivity index (χ0v) is 14.2. The molecule has 2 aromatic heterocycles. The largest absolute Gasteiger partial charge is 0.490 e. The third-order valence-corrected chi connectivity index (χ3v) is 3.75. The molecule has 0 fully saturated rings. The third-order valence-electron chi connectivity index (χ3n) is 3.75. The van der Waals surface area contributed by atoms with E-state index in [1.807, 2.05) is 0 Å². The smallest absolute Gasteiger partial charge is 0.417 e. The number of nitrogen functional groups attached to an aromatic ring is 1. The Morgan fingerprint density at radius 1 is 1.15 bits per heavy atom. The van der Waals surface area contributed by atoms with E-state index in [2.05, 4.69) is 20.3 Å². The van der Waals surface area contributed by atoms with E-state index in [-0.39, 0.29) is 41.8 Å². The van der Waals surface area contributed by atoms with E-state index in [4.69, 9.17) is 15.6 Å². The lowest BCUT2D eigenvalue weighted by Crippen LogP contribution is -2.11. The summed E-state index contributed by atoms with van der Waals surface area (Å²) in [5.74, 6) is 0.316. The van der Waals surface area contributed by atoms with Gasteiger partial charge in [0.25, 0.3) is 0 Å². The number of rotatable bonds is 5. The van der Waals surface area contributed by atoms with Gasteiger partial charge in [-0.25, -0.2) is 4.98 Å². The van der Waals surface area contributed by atoms with Gasteiger partial charge in [0.05, 0.1) is 28.8 Å². The summed E-state index contributed by atoms with van der Waals surface area (Å²) in [5, 5.41) is 12.3. The summed E-state index contributed by atoms with van der Waals surface area (Å²) in [6, 6.07) is 6.56. The molecule has 3 rings (SSSR count). The van der Waals surface area contributed by atoms with Gasteiger partial charge in [0.2, 0.25) is 5.95 Å². The number of alkyl halides is 3. The molecule has 3 aromatic rings. The van der Waals surface area contributed by atoms with Crippen molar-refractivity contribution in [3.05, 3.63) is 35.9 Å². The van der Waals surface area contributed by atoms with Crippen molar-refractivity contribution >= 4 is 22.8 Å². The molecule has 7 nitrogen and oxygen atoms in total. The summed E-state index contributed by atoms with van der Waals surface area (Å²) >= 11 is 0. The van der Waals surface area contributed by atoms with Crippen molar-refractivity contribution in [2.24, 2.45) is 0 Å². The van der Waals surface area contributed by atoms with Crippen molar-refractivity contribution in [2.75, 3.05) is 31.3 Å². The number of ether oxygens (including phenoxy) is 1. The Balaban J connectivity index is 2.25. The molecular weight excluding hydrogens is 363 g/mol. The van der Waals surface area contributed by atoms with Gasteiger partial charge < -0.3 is 20.9 Å². The average molecular weight is 379 g/mol. The molecule has 0 aliphatic rings. The lowest BCUT2D eigenvalue weighted by Gasteiger charge is -2.17. The zero-order valence-electron chi connectivity index (χ0n) is 14.2. The summed E-state index contributed by atoms with van der Waals surface area (Å²) in [4.78, 5) is 12.3. The van der Waals surface area contributed by atoms with E-state index in [1.165, 1.54) is 18.2 Å². The van der Waals surface area contributed by atoms with Crippen LogP contribution in [0.2, 0.25) is 0 Å². The van der Waals surface area contributed by atoms with Crippen LogP contribution in [-0.4, -0.2) is 40.3 Å². The molecule has 0 saturated heterocycles. The molecule has 10 heteroatoms. The Bertz CT molecular complexity index is 979. The summed E-state index contributed by atoms with van der Waals surface area (Å²) in [6.45, 7) is -0.489. The van der Waals surface area contributed by atoms with Gasteiger partial charge in [0.15, 0.2) is 5.65 Å². The van der Waals surface area contributed by atoms with Gasteiger partial charge in [-0.1, -0.05) is 6.07 Å². The van der Waals surface area contributed by atoms with Gasteiger partial charge in [-0.3, -0.25) is 0 Å². The van der Waals surface area contributed by atoms with E-state index in [9.17, 15) is 13.2 Å². The number of anilines is 2. The minimum absolute atomic E-state index is 0.0171. The second-order valence-corrected chi connectivity index (χ2v) is 5.50. The Morgan fingerprint density at radius 3 is 2.59 bits per heavy atom. The second kappa shape index (κ2) is 7.23. The van der Waals surface area contributed by atoms with Crippen LogP contribution >= 0.6 is 0 Å². The van der Waals surface area contributed by atoms with Gasteiger partial charge in [-0.2, -0.15) is 23.1 Å². The number of aromatic nitrogens is 3. The van der Waals surface area contributed by atoms with E-state index < -0.39 is 11.7 Å². The van der Waals surface area contributed by atoms with Crippen LogP contribution in [0.5, 0.6) is 5.75 Å². The van der Waals surface area contributed by atoms with Crippen LogP contribution in [0.4, 0.5) is 24.9 Å². The van der Waals surface area contributed by atoms with E-state index in [0.717, 1.165) is 6.07 Å². The number of fused-ring (bicyclic) bond motifs is 1. The van der Waals surface area contributed by atoms with Gasteiger partial charge in [0.1, 0.15) is 18.2 Å². The van der Waals surface area contributed by atoms with Crippen LogP contribution < -0.4 is 15.8 Å². The molecule has 0 spiro atoms. The fourth-order valence-corrected chi connectivity index (χ4v) is 2.66. The van der Waals surface area contributed by atoms with Crippen LogP contribution in [-0.2, 0) is 6.18 Å². The van der Waals surface area contributed by atoms with Gasteiger partial charge in [-0.15, -0.1) is 0 Å². The number of benzene rings is 1. The first-order valence-electron chi connectivity index (χ1n) is 7.91. The second-order valence-electron chi connectivity index (χ2n) is 5.50. The fourth-order valence-electron chi connectivity index (χ4n) is 2.66. The lowest BCUT2D eigenvalue weighted by atomic mass is 10.0. The SMILES string of the molecule is CNc1nc(N)nc2nc(-c3c(OCCO)cccc3C(F)(F)F)ccc12. The molecule has 0 bridgehead atoms. The Morgan fingerprint density at radius 2 is 1.93 bits per heavy atom. The quantitative estimate of drug-likeness (QED) is 0.626. The molecule has 0 aliphatic carbocycles. The average Bonchev–Trinajstić information content (AvgIpc) is 2.64. The van der Waals surface area contributed by atoms with Crippen LogP contribution in [0, 0.1) is 0 Å². The minimum atomic E-state index is -4.62. The van der Waals surface area contributed by atoms with Crippen molar-refractivity contribution in [3.8, 4) is 17.0 Å². The third kappa shape index (κ3) is 3.70. The van der Waals surface area contributed by atoms with Gasteiger partial charge in [-0.05, 0) is 24.3 Å². The fraction of sp³-hybridized carbons (Fsp3) is 0.235. The molecular formula is C17H16F3N5O2. The maximum atomic E-state index is 13.5. The Labute approximate surface area is 152 Å². The number of nitrogens with zero attached hydrogens (tertiary/aromatic N) is 3. The van der Waals surface area contributed by atoms with Crippen LogP contribution in [0.3, 0.4) is 0 Å². The highest BCUT2D eigenvalue weighted by molar-refractivity contribution is 5.89. The van der Waals surface area contributed by atoms with E-state index >= 15 is 0 Å². The molecule has 27 heavy (non-hydrogen) atoms. The number of pyridine rings is 1. The molecule has 0 atom stereocenters. The monoisotopic (exact) mass is 379 g/mol. The van der Waals surface area contributed by atoms with Crippen LogP contribution in [0.25, 0.3) is 22.3 Å². The van der Waals surface area contributed by atoms with Crippen molar-refractivity contribution < 1.29 is 23.0 Å². The summed E-state index contributed by atoms with van der Waals surface area (Å²) in [7, 11) is 1.63. The highest BCUT2D eigenvalue weighted by atomic mass is 19.4. The maximum Gasteiger partial charge on any atom is 0.417 e. The first kappa shape index (κ1) is 18.6. The predicted molar refractivity (Wildman–Crippen MR) is 94.3 cm³/mol. The zero-order chi connectivity index (χ0) is 19.6. The van der Waals surface area contributed by atoms with Gasteiger partial charge in [0, 0.05) is 7.05 Å². The van der Waals surface area contributed by atoms with Gasteiger partial charge >= 0.3 is 6.18 Å². The standard InChI is InChI=1S/C17H16F3N5O2/c1-22-14-9-5-6-11(23-15(9)25-16(21)24-14)13-10(17(18,19)20)3-2-4-12(13)27-8-7-26/h2-6,26H,7-8H2,1H3,(H3,21,22,23,24,25). The van der Waals surface area contributed by atoms with Crippen molar-refractivity contribution in [1.82, 2.24) is 15.0 Å². The summed E-state index contributed by atoms with van der Waals surface area (Å²) < 4.78 is 45.9. The Hall–Kier alpha value is -3.14. The topological polar surface area (TPSA) is 106 Å². The normalized spacial score (nSPS) is 11.6. The molecule has 1 aromatic carbocycles. The number of nitrogens with two attached hydrogens (primary N) is 1. The first-order chi connectivity index (χ1) is 12.8. The summed E-state index contributed by atoms with van der Waals surface area (Å²) in [6.07, 6.45) is -4.62. The van der Waals surface area contributed by atoms with E-state index in [0.29, 0.717) is 11.2 Å². The van der Waals surface area contributed by atoms with Crippen molar-refractivity contribution in [3.63, 3.8) is 0 Å². The number of hydrogen-bond acceptors (Lipinski definition) is 7. The molecule has 2 heterocycles. The molecule has 0 radical (unpaired) electrons. The molecule has 4 N–H and O–H groups in total. The maximum absolute atomic E-state index is 13.5. The number of aliphatic hydroxyl groups excluding tert-OH is 1. The number of hydrogen-bond donors (Lipinski definition) is 3. The van der Waals surface area contributed by atoms with E-state index in [1.54, 1.807) is 13.1 Å². The Kier molecular flexibility index (Phi) is 5.00. The summed E-state index contributed by atoms with van der Waals surface area (Å²) in [5.41, 5.74) is 4.68. The first-order valence-corrected chi connectivity index (χ1v) is 7.91. The van der Waals surface area contributed by atoms with Crippen molar-refractivity contribution in [1.29, 1.82) is 0 Å². The van der Waals surface area contributed by atoms with Crippen LogP contribution in [0.15, 0.2) is 30.3 Å². The van der Waals surface area contributed by atoms with Crippen LogP contribution in [0.1, 0.15) is 5.56 Å². The molecule has 0 unspecified atom stereocenters. The molecule has 142 valence electrons. The highest BCUT2D eigenvalue weighted by Crippen LogP contribution is 2.42. The molecule has 0 aliphatic heterocycles. The molecule has 0 amide bonds. The highest BCUT2D eigenvalue weighted by Gasteiger charge is 2.35. The minimum Gasteiger partial charge on any atom is -0.490 e. The van der Waals surface area contributed by atoms with Crippen molar-refractivity contribution in [2.45, 2.75) is 6.18 Å². The number of nitrogens with one attached hydrogen (secondary N) is 1. The number of aliphatic hydroxyl groups is 1. The predicted octanol–water partition coefficient (Wildman–Crippen LogP) is 2.71.